The first-order chi connectivity index (χ1) is 11.7. The molecule has 2 N–H and O–H groups in total. The average Bonchev–Trinajstić information content (AvgIpc) is 2.52. The van der Waals surface area contributed by atoms with Crippen molar-refractivity contribution < 1.29 is 9.59 Å². The molecule has 0 radical (unpaired) electrons. The largest absolute Gasteiger partial charge is 0.352 e. The second-order valence-electron chi connectivity index (χ2n) is 7.71. The van der Waals surface area contributed by atoms with Gasteiger partial charge in [0.05, 0.1) is 17.1 Å². The molecule has 1 heterocycles. The van der Waals surface area contributed by atoms with E-state index in [2.05, 4.69) is 15.5 Å². The number of nitrogens with zero attached hydrogens (tertiary/aromatic N) is 1. The van der Waals surface area contributed by atoms with Crippen LogP contribution in [0.1, 0.15) is 44.0 Å². The van der Waals surface area contributed by atoms with Crippen LogP contribution in [0, 0.1) is 5.92 Å². The van der Waals surface area contributed by atoms with Gasteiger partial charge in [-0.2, -0.15) is 0 Å². The Labute approximate surface area is 155 Å². The molecule has 0 saturated carbocycles. The number of nitrogens with one attached hydrogen (secondary N) is 2. The van der Waals surface area contributed by atoms with Gasteiger partial charge in [0.1, 0.15) is 0 Å². The molecule has 1 saturated heterocycles. The Kier molecular flexibility index (Phi) is 6.85. The number of piperidine rings is 1. The molecule has 6 heteroatoms. The van der Waals surface area contributed by atoms with E-state index >= 15 is 0 Å². The van der Waals surface area contributed by atoms with Crippen molar-refractivity contribution in [3.05, 3.63) is 34.9 Å². The molecule has 1 aliphatic heterocycles. The fourth-order valence-corrected chi connectivity index (χ4v) is 3.21. The van der Waals surface area contributed by atoms with Crippen LogP contribution in [-0.2, 0) is 4.79 Å². The number of carbonyl (C=O) groups is 2. The number of likely N-dealkylation sites (tertiary alicyclic amines) is 1. The van der Waals surface area contributed by atoms with Crippen LogP contribution in [0.25, 0.3) is 0 Å². The van der Waals surface area contributed by atoms with E-state index in [0.29, 0.717) is 29.6 Å². The first kappa shape index (κ1) is 19.7. The van der Waals surface area contributed by atoms with Gasteiger partial charge >= 0.3 is 0 Å². The number of halogens is 1. The maximum atomic E-state index is 12.2. The van der Waals surface area contributed by atoms with E-state index in [4.69, 9.17) is 11.6 Å². The van der Waals surface area contributed by atoms with Crippen molar-refractivity contribution >= 4 is 23.4 Å². The van der Waals surface area contributed by atoms with Crippen LogP contribution in [0.15, 0.2) is 24.3 Å². The van der Waals surface area contributed by atoms with Crippen molar-refractivity contribution in [3.8, 4) is 0 Å². The lowest BCUT2D eigenvalue weighted by Crippen LogP contribution is -2.48. The zero-order valence-corrected chi connectivity index (χ0v) is 16.0. The lowest BCUT2D eigenvalue weighted by atomic mass is 9.96. The molecule has 1 fully saturated rings. The Bertz CT molecular complexity index is 605. The van der Waals surface area contributed by atoms with Crippen LogP contribution in [0.4, 0.5) is 0 Å². The molecule has 25 heavy (non-hydrogen) atoms. The van der Waals surface area contributed by atoms with Gasteiger partial charge < -0.3 is 10.6 Å². The van der Waals surface area contributed by atoms with Crippen molar-refractivity contribution in [2.24, 2.45) is 5.92 Å². The lowest BCUT2D eigenvalue weighted by Gasteiger charge is -2.32. The Hall–Kier alpha value is -1.59. The fraction of sp³-hybridized carbons (Fsp3) is 0.579. The number of hydrogen-bond donors (Lipinski definition) is 2. The van der Waals surface area contributed by atoms with Gasteiger partial charge in [0.25, 0.3) is 5.91 Å². The molecule has 5 nitrogen and oxygen atoms in total. The molecule has 0 atom stereocenters. The highest BCUT2D eigenvalue weighted by molar-refractivity contribution is 6.33. The molecule has 1 aliphatic rings. The van der Waals surface area contributed by atoms with E-state index in [9.17, 15) is 9.59 Å². The van der Waals surface area contributed by atoms with Gasteiger partial charge in [-0.1, -0.05) is 23.7 Å². The van der Waals surface area contributed by atoms with E-state index in [0.717, 1.165) is 25.9 Å². The molecule has 0 spiro atoms. The molecule has 0 unspecified atom stereocenters. The summed E-state index contributed by atoms with van der Waals surface area (Å²) in [6, 6.07) is 7.07. The van der Waals surface area contributed by atoms with Gasteiger partial charge in [-0.15, -0.1) is 0 Å². The van der Waals surface area contributed by atoms with Crippen LogP contribution >= 0.6 is 11.6 Å². The third-order valence-electron chi connectivity index (χ3n) is 4.26. The number of benzene rings is 1. The molecular formula is C19H28ClN3O2. The SMILES string of the molecule is CC(C)(C)NC(=O)CN1CCC(CNC(=O)c2ccccc2Cl)CC1. The summed E-state index contributed by atoms with van der Waals surface area (Å²) >= 11 is 6.05. The van der Waals surface area contributed by atoms with Crippen LogP contribution < -0.4 is 10.6 Å². The van der Waals surface area contributed by atoms with E-state index in [1.54, 1.807) is 12.1 Å². The highest BCUT2D eigenvalue weighted by Gasteiger charge is 2.23. The maximum Gasteiger partial charge on any atom is 0.252 e. The van der Waals surface area contributed by atoms with Gasteiger partial charge in [-0.3, -0.25) is 14.5 Å². The predicted octanol–water partition coefficient (Wildman–Crippen LogP) is 2.70. The normalized spacial score (nSPS) is 16.5. The van der Waals surface area contributed by atoms with Gasteiger partial charge in [-0.25, -0.2) is 0 Å². The highest BCUT2D eigenvalue weighted by Crippen LogP contribution is 2.18. The number of hydrogen-bond acceptors (Lipinski definition) is 3. The number of rotatable bonds is 5. The number of amides is 2. The predicted molar refractivity (Wildman–Crippen MR) is 101 cm³/mol. The smallest absolute Gasteiger partial charge is 0.252 e. The Morgan fingerprint density at radius 2 is 1.84 bits per heavy atom. The molecule has 0 bridgehead atoms. The second-order valence-corrected chi connectivity index (χ2v) is 8.11. The topological polar surface area (TPSA) is 61.4 Å². The van der Waals surface area contributed by atoms with E-state index in [1.165, 1.54) is 0 Å². The summed E-state index contributed by atoms with van der Waals surface area (Å²) in [5.74, 6) is 0.379. The van der Waals surface area contributed by atoms with E-state index < -0.39 is 0 Å². The van der Waals surface area contributed by atoms with Crippen molar-refractivity contribution in [2.75, 3.05) is 26.2 Å². The summed E-state index contributed by atoms with van der Waals surface area (Å²) in [6.07, 6.45) is 1.96. The minimum atomic E-state index is -0.196. The number of carbonyl (C=O) groups excluding carboxylic acids is 2. The first-order valence-corrected chi connectivity index (χ1v) is 9.18. The van der Waals surface area contributed by atoms with Crippen LogP contribution in [0.2, 0.25) is 5.02 Å². The monoisotopic (exact) mass is 365 g/mol. The van der Waals surface area contributed by atoms with Crippen molar-refractivity contribution in [1.29, 1.82) is 0 Å². The Morgan fingerprint density at radius 3 is 2.44 bits per heavy atom. The van der Waals surface area contributed by atoms with Crippen molar-refractivity contribution in [2.45, 2.75) is 39.2 Å². The molecule has 138 valence electrons. The fourth-order valence-electron chi connectivity index (χ4n) is 2.99. The minimum Gasteiger partial charge on any atom is -0.352 e. The standard InChI is InChI=1S/C19H28ClN3O2/c1-19(2,3)22-17(24)13-23-10-8-14(9-11-23)12-21-18(25)15-6-4-5-7-16(15)20/h4-7,14H,8-13H2,1-3H3,(H,21,25)(H,22,24). The molecule has 2 amide bonds. The van der Waals surface area contributed by atoms with Crippen LogP contribution in [-0.4, -0.2) is 48.4 Å². The van der Waals surface area contributed by atoms with Gasteiger partial charge in [0, 0.05) is 12.1 Å². The zero-order valence-electron chi connectivity index (χ0n) is 15.3. The van der Waals surface area contributed by atoms with Gasteiger partial charge in [-0.05, 0) is 64.8 Å². The summed E-state index contributed by atoms with van der Waals surface area (Å²) in [6.45, 7) is 8.80. The second kappa shape index (κ2) is 8.68. The van der Waals surface area contributed by atoms with Crippen LogP contribution in [0.3, 0.4) is 0 Å². The first-order valence-electron chi connectivity index (χ1n) is 8.81. The van der Waals surface area contributed by atoms with Gasteiger partial charge in [0.15, 0.2) is 0 Å². The van der Waals surface area contributed by atoms with E-state index in [1.807, 2.05) is 32.9 Å². The molecule has 0 aromatic heterocycles. The van der Waals surface area contributed by atoms with E-state index in [-0.39, 0.29) is 17.4 Å². The lowest BCUT2D eigenvalue weighted by molar-refractivity contribution is -0.124. The maximum absolute atomic E-state index is 12.2. The van der Waals surface area contributed by atoms with Crippen LogP contribution in [0.5, 0.6) is 0 Å². The molecule has 0 aliphatic carbocycles. The summed E-state index contributed by atoms with van der Waals surface area (Å²) in [4.78, 5) is 26.4. The van der Waals surface area contributed by atoms with Gasteiger partial charge in [0.2, 0.25) is 5.91 Å². The molecule has 1 aromatic rings. The zero-order chi connectivity index (χ0) is 18.4. The summed E-state index contributed by atoms with van der Waals surface area (Å²) in [5, 5.41) is 6.44. The van der Waals surface area contributed by atoms with Crippen molar-refractivity contribution in [1.82, 2.24) is 15.5 Å². The average molecular weight is 366 g/mol. The summed E-state index contributed by atoms with van der Waals surface area (Å²) in [7, 11) is 0. The summed E-state index contributed by atoms with van der Waals surface area (Å²) < 4.78 is 0. The molecular weight excluding hydrogens is 338 g/mol. The molecule has 2 rings (SSSR count). The Morgan fingerprint density at radius 1 is 1.20 bits per heavy atom. The quantitative estimate of drug-likeness (QED) is 0.843. The third-order valence-corrected chi connectivity index (χ3v) is 4.59. The third kappa shape index (κ3) is 6.67. The highest BCUT2D eigenvalue weighted by atomic mass is 35.5. The molecule has 1 aromatic carbocycles. The summed E-state index contributed by atoms with van der Waals surface area (Å²) in [5.41, 5.74) is 0.318. The Balaban J connectivity index is 1.71. The van der Waals surface area contributed by atoms with Crippen molar-refractivity contribution in [3.63, 3.8) is 0 Å². The minimum absolute atomic E-state index is 0.0676.